The number of carbonyl (C=O) groups excluding carboxylic acids is 1. The number of piperidine rings is 1. The molecule has 0 aliphatic carbocycles. The SMILES string of the molecule is CNN1CCCCC1=O. The van der Waals surface area contributed by atoms with Crippen LogP contribution in [-0.2, 0) is 4.79 Å². The molecule has 3 nitrogen and oxygen atoms in total. The van der Waals surface area contributed by atoms with Gasteiger partial charge in [0, 0.05) is 20.0 Å². The highest BCUT2D eigenvalue weighted by Crippen LogP contribution is 2.06. The fourth-order valence-electron chi connectivity index (χ4n) is 1.04. The minimum absolute atomic E-state index is 0.226. The molecule has 52 valence electrons. The van der Waals surface area contributed by atoms with Crippen molar-refractivity contribution < 1.29 is 4.79 Å². The van der Waals surface area contributed by atoms with Gasteiger partial charge in [0.2, 0.25) is 5.91 Å². The van der Waals surface area contributed by atoms with E-state index in [4.69, 9.17) is 0 Å². The molecule has 0 bridgehead atoms. The van der Waals surface area contributed by atoms with E-state index in [2.05, 4.69) is 5.43 Å². The van der Waals surface area contributed by atoms with Gasteiger partial charge in [0.05, 0.1) is 0 Å². The third kappa shape index (κ3) is 1.42. The van der Waals surface area contributed by atoms with Crippen molar-refractivity contribution in [3.63, 3.8) is 0 Å². The monoisotopic (exact) mass is 128 g/mol. The van der Waals surface area contributed by atoms with Crippen molar-refractivity contribution in [1.29, 1.82) is 0 Å². The van der Waals surface area contributed by atoms with Gasteiger partial charge >= 0.3 is 0 Å². The summed E-state index contributed by atoms with van der Waals surface area (Å²) in [7, 11) is 1.78. The molecule has 0 radical (unpaired) electrons. The van der Waals surface area contributed by atoms with E-state index in [0.717, 1.165) is 19.4 Å². The molecule has 1 aliphatic heterocycles. The van der Waals surface area contributed by atoms with Crippen LogP contribution in [0.25, 0.3) is 0 Å². The fraction of sp³-hybridized carbons (Fsp3) is 0.833. The maximum atomic E-state index is 10.9. The molecule has 9 heavy (non-hydrogen) atoms. The second-order valence-corrected chi connectivity index (χ2v) is 2.23. The van der Waals surface area contributed by atoms with Gasteiger partial charge in [0.1, 0.15) is 0 Å². The van der Waals surface area contributed by atoms with E-state index in [1.54, 1.807) is 12.1 Å². The van der Waals surface area contributed by atoms with Crippen LogP contribution in [0.1, 0.15) is 19.3 Å². The van der Waals surface area contributed by atoms with E-state index < -0.39 is 0 Å². The molecule has 3 heteroatoms. The topological polar surface area (TPSA) is 32.3 Å². The first-order chi connectivity index (χ1) is 4.34. The zero-order chi connectivity index (χ0) is 6.69. The lowest BCUT2D eigenvalue weighted by atomic mass is 10.1. The van der Waals surface area contributed by atoms with Crippen molar-refractivity contribution in [2.24, 2.45) is 0 Å². The highest BCUT2D eigenvalue weighted by atomic mass is 16.2. The van der Waals surface area contributed by atoms with Crippen LogP contribution < -0.4 is 5.43 Å². The first-order valence-electron chi connectivity index (χ1n) is 3.32. The van der Waals surface area contributed by atoms with E-state index in [0.29, 0.717) is 6.42 Å². The number of carbonyl (C=O) groups is 1. The highest BCUT2D eigenvalue weighted by molar-refractivity contribution is 5.76. The maximum absolute atomic E-state index is 10.9. The summed E-state index contributed by atoms with van der Waals surface area (Å²) < 4.78 is 0. The third-order valence-corrected chi connectivity index (χ3v) is 1.59. The van der Waals surface area contributed by atoms with Gasteiger partial charge in [-0.25, -0.2) is 5.43 Å². The standard InChI is InChI=1S/C6H12N2O/c1-7-8-5-3-2-4-6(8)9/h7H,2-5H2,1H3. The molecule has 0 saturated carbocycles. The van der Waals surface area contributed by atoms with Crippen molar-refractivity contribution in [3.8, 4) is 0 Å². The van der Waals surface area contributed by atoms with Crippen LogP contribution in [0.15, 0.2) is 0 Å². The molecule has 1 heterocycles. The summed E-state index contributed by atoms with van der Waals surface area (Å²) in [5, 5.41) is 1.67. The average Bonchev–Trinajstić information content (AvgIpc) is 1.89. The normalized spacial score (nSPS) is 20.6. The quantitative estimate of drug-likeness (QED) is 0.544. The summed E-state index contributed by atoms with van der Waals surface area (Å²) in [5.41, 5.74) is 2.84. The minimum Gasteiger partial charge on any atom is -0.278 e. The molecule has 1 fully saturated rings. The number of rotatable bonds is 1. The van der Waals surface area contributed by atoms with Crippen molar-refractivity contribution in [2.75, 3.05) is 13.6 Å². The van der Waals surface area contributed by atoms with Crippen molar-refractivity contribution in [1.82, 2.24) is 10.4 Å². The zero-order valence-corrected chi connectivity index (χ0v) is 5.68. The predicted molar refractivity (Wildman–Crippen MR) is 34.6 cm³/mol. The Morgan fingerprint density at radius 1 is 1.56 bits per heavy atom. The van der Waals surface area contributed by atoms with E-state index in [-0.39, 0.29) is 5.91 Å². The molecule has 0 aromatic heterocycles. The first-order valence-corrected chi connectivity index (χ1v) is 3.32. The molecule has 1 saturated heterocycles. The smallest absolute Gasteiger partial charge is 0.236 e. The van der Waals surface area contributed by atoms with Crippen LogP contribution in [-0.4, -0.2) is 24.5 Å². The number of amides is 1. The summed E-state index contributed by atoms with van der Waals surface area (Å²) in [6.07, 6.45) is 2.89. The van der Waals surface area contributed by atoms with Gasteiger partial charge < -0.3 is 0 Å². The van der Waals surface area contributed by atoms with E-state index >= 15 is 0 Å². The number of hydrazine groups is 1. The van der Waals surface area contributed by atoms with Crippen molar-refractivity contribution in [3.05, 3.63) is 0 Å². The van der Waals surface area contributed by atoms with Crippen LogP contribution in [0.5, 0.6) is 0 Å². The largest absolute Gasteiger partial charge is 0.278 e. The minimum atomic E-state index is 0.226. The van der Waals surface area contributed by atoms with Crippen LogP contribution in [0.2, 0.25) is 0 Å². The van der Waals surface area contributed by atoms with Gasteiger partial charge in [0.25, 0.3) is 0 Å². The molecule has 1 rings (SSSR count). The summed E-state index contributed by atoms with van der Waals surface area (Å²) in [4.78, 5) is 10.9. The third-order valence-electron chi connectivity index (χ3n) is 1.59. The molecule has 0 aromatic rings. The van der Waals surface area contributed by atoms with Crippen molar-refractivity contribution in [2.45, 2.75) is 19.3 Å². The summed E-state index contributed by atoms with van der Waals surface area (Å²) >= 11 is 0. The molecular formula is C6H12N2O. The molecule has 1 aliphatic rings. The van der Waals surface area contributed by atoms with Crippen molar-refractivity contribution >= 4 is 5.91 Å². The zero-order valence-electron chi connectivity index (χ0n) is 5.68. The molecule has 0 aromatic carbocycles. The Morgan fingerprint density at radius 3 is 2.78 bits per heavy atom. The molecule has 0 atom stereocenters. The average molecular weight is 128 g/mol. The number of nitrogens with one attached hydrogen (secondary N) is 1. The Morgan fingerprint density at radius 2 is 2.33 bits per heavy atom. The summed E-state index contributed by atoms with van der Waals surface area (Å²) in [6.45, 7) is 0.870. The first kappa shape index (κ1) is 6.55. The van der Waals surface area contributed by atoms with Gasteiger partial charge in [-0.15, -0.1) is 0 Å². The lowest BCUT2D eigenvalue weighted by Crippen LogP contribution is -2.43. The van der Waals surface area contributed by atoms with Gasteiger partial charge in [-0.05, 0) is 12.8 Å². The Bertz CT molecular complexity index is 114. The Balaban J connectivity index is 2.39. The van der Waals surface area contributed by atoms with Gasteiger partial charge in [-0.1, -0.05) is 0 Å². The van der Waals surface area contributed by atoms with E-state index in [9.17, 15) is 4.79 Å². The van der Waals surface area contributed by atoms with E-state index in [1.165, 1.54) is 0 Å². The lowest BCUT2D eigenvalue weighted by molar-refractivity contribution is -0.136. The number of hydrogen-bond donors (Lipinski definition) is 1. The summed E-state index contributed by atoms with van der Waals surface area (Å²) in [6, 6.07) is 0. The summed E-state index contributed by atoms with van der Waals surface area (Å²) in [5.74, 6) is 0.226. The fourth-order valence-corrected chi connectivity index (χ4v) is 1.04. The number of hydrogen-bond acceptors (Lipinski definition) is 2. The van der Waals surface area contributed by atoms with Crippen LogP contribution in [0.3, 0.4) is 0 Å². The second kappa shape index (κ2) is 2.82. The lowest BCUT2D eigenvalue weighted by Gasteiger charge is -2.24. The Hall–Kier alpha value is -0.570. The van der Waals surface area contributed by atoms with Gasteiger partial charge in [-0.3, -0.25) is 9.80 Å². The van der Waals surface area contributed by atoms with Gasteiger partial charge in [0.15, 0.2) is 0 Å². The number of nitrogens with zero attached hydrogens (tertiary/aromatic N) is 1. The van der Waals surface area contributed by atoms with Crippen LogP contribution in [0, 0.1) is 0 Å². The van der Waals surface area contributed by atoms with Crippen LogP contribution >= 0.6 is 0 Å². The maximum Gasteiger partial charge on any atom is 0.236 e. The Labute approximate surface area is 55.0 Å². The molecule has 0 spiro atoms. The second-order valence-electron chi connectivity index (χ2n) is 2.23. The van der Waals surface area contributed by atoms with Crippen LogP contribution in [0.4, 0.5) is 0 Å². The van der Waals surface area contributed by atoms with Gasteiger partial charge in [-0.2, -0.15) is 0 Å². The Kier molecular flexibility index (Phi) is 2.05. The molecule has 0 unspecified atom stereocenters. The molecule has 1 N–H and O–H groups in total. The molecular weight excluding hydrogens is 116 g/mol. The highest BCUT2D eigenvalue weighted by Gasteiger charge is 2.15. The van der Waals surface area contributed by atoms with E-state index in [1.807, 2.05) is 0 Å². The molecule has 1 amide bonds. The predicted octanol–water partition coefficient (Wildman–Crippen LogP) is 0.133.